The molecule has 27 heavy (non-hydrogen) atoms. The fourth-order valence-electron chi connectivity index (χ4n) is 3.47. The van der Waals surface area contributed by atoms with E-state index in [0.717, 1.165) is 22.4 Å². The van der Waals surface area contributed by atoms with Gasteiger partial charge in [0.25, 0.3) is 5.91 Å². The number of benzene rings is 2. The van der Waals surface area contributed by atoms with E-state index in [-0.39, 0.29) is 12.0 Å². The smallest absolute Gasteiger partial charge is 0.254 e. The third-order valence-electron chi connectivity index (χ3n) is 4.75. The lowest BCUT2D eigenvalue weighted by Crippen LogP contribution is -2.47. The van der Waals surface area contributed by atoms with E-state index < -0.39 is 0 Å². The molecule has 144 valence electrons. The van der Waals surface area contributed by atoms with E-state index in [0.29, 0.717) is 38.5 Å². The van der Waals surface area contributed by atoms with Crippen LogP contribution in [0.3, 0.4) is 0 Å². The van der Waals surface area contributed by atoms with E-state index in [9.17, 15) is 4.79 Å². The summed E-state index contributed by atoms with van der Waals surface area (Å²) in [7, 11) is 1.65. The maximum Gasteiger partial charge on any atom is 0.254 e. The summed E-state index contributed by atoms with van der Waals surface area (Å²) in [6, 6.07) is 13.8. The highest BCUT2D eigenvalue weighted by atomic mass is 16.5. The molecule has 1 saturated heterocycles. The average molecular weight is 369 g/mol. The lowest BCUT2D eigenvalue weighted by Gasteiger charge is -2.33. The summed E-state index contributed by atoms with van der Waals surface area (Å²) in [5, 5.41) is 0. The molecule has 0 saturated carbocycles. The minimum absolute atomic E-state index is 0.0280. The van der Waals surface area contributed by atoms with E-state index in [1.807, 2.05) is 61.2 Å². The summed E-state index contributed by atoms with van der Waals surface area (Å²) in [6.45, 7) is 6.60. The van der Waals surface area contributed by atoms with Crippen LogP contribution in [0, 0.1) is 13.8 Å². The van der Waals surface area contributed by atoms with E-state index in [1.165, 1.54) is 0 Å². The molecular formula is C22H27NO4. The van der Waals surface area contributed by atoms with E-state index in [2.05, 4.69) is 0 Å². The molecule has 0 N–H and O–H groups in total. The summed E-state index contributed by atoms with van der Waals surface area (Å²) in [6.07, 6.45) is -0.105. The molecule has 0 aromatic heterocycles. The van der Waals surface area contributed by atoms with Gasteiger partial charge in [0.1, 0.15) is 5.75 Å². The molecule has 1 amide bonds. The Morgan fingerprint density at radius 3 is 2.56 bits per heavy atom. The normalized spacial score (nSPS) is 17.0. The third kappa shape index (κ3) is 4.87. The zero-order chi connectivity index (χ0) is 19.2. The second-order valence-corrected chi connectivity index (χ2v) is 6.89. The highest BCUT2D eigenvalue weighted by molar-refractivity contribution is 5.95. The van der Waals surface area contributed by atoms with Crippen LogP contribution in [0.5, 0.6) is 5.75 Å². The average Bonchev–Trinajstić information content (AvgIpc) is 2.68. The Morgan fingerprint density at radius 1 is 1.19 bits per heavy atom. The van der Waals surface area contributed by atoms with Gasteiger partial charge in [0, 0.05) is 18.7 Å². The number of nitrogens with zero attached hydrogens (tertiary/aromatic N) is 1. The van der Waals surface area contributed by atoms with Gasteiger partial charge in [-0.1, -0.05) is 30.3 Å². The molecule has 1 heterocycles. The van der Waals surface area contributed by atoms with Gasteiger partial charge in [0.2, 0.25) is 0 Å². The number of hydrogen-bond donors (Lipinski definition) is 0. The lowest BCUT2D eigenvalue weighted by molar-refractivity contribution is -0.0647. The molecule has 1 unspecified atom stereocenters. The molecule has 0 radical (unpaired) electrons. The fraction of sp³-hybridized carbons (Fsp3) is 0.409. The molecule has 2 aromatic carbocycles. The summed E-state index contributed by atoms with van der Waals surface area (Å²) < 4.78 is 17.0. The number of rotatable bonds is 6. The predicted molar refractivity (Wildman–Crippen MR) is 104 cm³/mol. The number of carbonyl (C=O) groups is 1. The van der Waals surface area contributed by atoms with Crippen LogP contribution in [0.25, 0.3) is 0 Å². The maximum absolute atomic E-state index is 12.9. The molecule has 1 fully saturated rings. The van der Waals surface area contributed by atoms with E-state index in [1.54, 1.807) is 7.11 Å². The zero-order valence-corrected chi connectivity index (χ0v) is 16.2. The number of hydrogen-bond acceptors (Lipinski definition) is 4. The standard InChI is InChI=1S/C22H27NO4/c1-16-11-19(12-17(2)21(16)25-3)22(24)23-9-10-27-20(13-23)15-26-14-18-7-5-4-6-8-18/h4-8,11-12,20H,9-10,13-15H2,1-3H3. The summed E-state index contributed by atoms with van der Waals surface area (Å²) in [5.41, 5.74) is 3.76. The highest BCUT2D eigenvalue weighted by Gasteiger charge is 2.26. The van der Waals surface area contributed by atoms with Crippen LogP contribution in [-0.4, -0.2) is 50.3 Å². The van der Waals surface area contributed by atoms with Gasteiger partial charge in [-0.25, -0.2) is 0 Å². The molecule has 1 aliphatic rings. The monoisotopic (exact) mass is 369 g/mol. The molecular weight excluding hydrogens is 342 g/mol. The van der Waals surface area contributed by atoms with Crippen molar-refractivity contribution in [2.75, 3.05) is 33.4 Å². The van der Waals surface area contributed by atoms with Crippen molar-refractivity contribution in [1.82, 2.24) is 4.90 Å². The number of aryl methyl sites for hydroxylation is 2. The number of carbonyl (C=O) groups excluding carboxylic acids is 1. The fourth-order valence-corrected chi connectivity index (χ4v) is 3.47. The molecule has 3 rings (SSSR count). The summed E-state index contributed by atoms with van der Waals surface area (Å²) in [4.78, 5) is 14.8. The molecule has 0 bridgehead atoms. The number of morpholine rings is 1. The van der Waals surface area contributed by atoms with Crippen LogP contribution in [0.2, 0.25) is 0 Å². The van der Waals surface area contributed by atoms with E-state index >= 15 is 0 Å². The van der Waals surface area contributed by atoms with Crippen LogP contribution in [-0.2, 0) is 16.1 Å². The maximum atomic E-state index is 12.9. The minimum Gasteiger partial charge on any atom is -0.496 e. The Hall–Kier alpha value is -2.37. The topological polar surface area (TPSA) is 48.0 Å². The predicted octanol–water partition coefficient (Wildman–Crippen LogP) is 3.37. The van der Waals surface area contributed by atoms with Crippen LogP contribution >= 0.6 is 0 Å². The molecule has 0 aliphatic carbocycles. The summed E-state index contributed by atoms with van der Waals surface area (Å²) >= 11 is 0. The van der Waals surface area contributed by atoms with Gasteiger partial charge in [-0.05, 0) is 42.7 Å². The first kappa shape index (κ1) is 19.4. The van der Waals surface area contributed by atoms with Crippen molar-refractivity contribution in [1.29, 1.82) is 0 Å². The Morgan fingerprint density at radius 2 is 1.89 bits per heavy atom. The third-order valence-corrected chi connectivity index (χ3v) is 4.75. The van der Waals surface area contributed by atoms with Crippen molar-refractivity contribution in [3.8, 4) is 5.75 Å². The Labute approximate surface area is 160 Å². The van der Waals surface area contributed by atoms with Crippen LogP contribution in [0.4, 0.5) is 0 Å². The van der Waals surface area contributed by atoms with Crippen LogP contribution in [0.15, 0.2) is 42.5 Å². The molecule has 2 aromatic rings. The molecule has 1 aliphatic heterocycles. The van der Waals surface area contributed by atoms with Crippen molar-refractivity contribution in [3.05, 3.63) is 64.7 Å². The van der Waals surface area contributed by atoms with Gasteiger partial charge in [-0.15, -0.1) is 0 Å². The van der Waals surface area contributed by atoms with Gasteiger partial charge >= 0.3 is 0 Å². The molecule has 1 atom stereocenters. The first-order valence-corrected chi connectivity index (χ1v) is 9.26. The van der Waals surface area contributed by atoms with Gasteiger partial charge in [0.05, 0.1) is 33.0 Å². The minimum atomic E-state index is -0.105. The second kappa shape index (κ2) is 9.02. The van der Waals surface area contributed by atoms with Crippen molar-refractivity contribution >= 4 is 5.91 Å². The van der Waals surface area contributed by atoms with Crippen molar-refractivity contribution in [3.63, 3.8) is 0 Å². The Bertz CT molecular complexity index is 752. The van der Waals surface area contributed by atoms with Crippen molar-refractivity contribution in [2.24, 2.45) is 0 Å². The lowest BCUT2D eigenvalue weighted by atomic mass is 10.0. The quantitative estimate of drug-likeness (QED) is 0.783. The SMILES string of the molecule is COc1c(C)cc(C(=O)N2CCOC(COCc3ccccc3)C2)cc1C. The van der Waals surface area contributed by atoms with Crippen LogP contribution in [0.1, 0.15) is 27.0 Å². The van der Waals surface area contributed by atoms with Gasteiger partial charge < -0.3 is 19.1 Å². The zero-order valence-electron chi connectivity index (χ0n) is 16.2. The van der Waals surface area contributed by atoms with Gasteiger partial charge in [-0.3, -0.25) is 4.79 Å². The Balaban J connectivity index is 1.58. The highest BCUT2D eigenvalue weighted by Crippen LogP contribution is 2.25. The van der Waals surface area contributed by atoms with E-state index in [4.69, 9.17) is 14.2 Å². The second-order valence-electron chi connectivity index (χ2n) is 6.89. The first-order chi connectivity index (χ1) is 13.1. The first-order valence-electron chi connectivity index (χ1n) is 9.26. The van der Waals surface area contributed by atoms with Gasteiger partial charge in [0.15, 0.2) is 0 Å². The number of amides is 1. The molecule has 0 spiro atoms. The van der Waals surface area contributed by atoms with Crippen LogP contribution < -0.4 is 4.74 Å². The summed E-state index contributed by atoms with van der Waals surface area (Å²) in [5.74, 6) is 0.862. The van der Waals surface area contributed by atoms with Crippen molar-refractivity contribution in [2.45, 2.75) is 26.6 Å². The van der Waals surface area contributed by atoms with Gasteiger partial charge in [-0.2, -0.15) is 0 Å². The largest absolute Gasteiger partial charge is 0.496 e. The number of ether oxygens (including phenoxy) is 3. The molecule has 5 nitrogen and oxygen atoms in total. The molecule has 5 heteroatoms. The Kier molecular flexibility index (Phi) is 6.48. The number of methoxy groups -OCH3 is 1. The van der Waals surface area contributed by atoms with Crippen molar-refractivity contribution < 1.29 is 19.0 Å².